The number of aliphatic hydroxyl groups is 1. The molecule has 8 heteroatoms. The minimum absolute atomic E-state index is 0.0479. The Morgan fingerprint density at radius 3 is 2.89 bits per heavy atom. The number of imidazole rings is 1. The third-order valence-electron chi connectivity index (χ3n) is 6.63. The number of nitrogens with zero attached hydrogens (tertiary/aromatic N) is 3. The van der Waals surface area contributed by atoms with Crippen molar-refractivity contribution in [3.05, 3.63) is 96.1 Å². The lowest BCUT2D eigenvalue weighted by Gasteiger charge is -2.26. The van der Waals surface area contributed by atoms with Gasteiger partial charge in [-0.2, -0.15) is 0 Å². The maximum atomic E-state index is 13.4. The number of carbonyl (C=O) groups is 2. The van der Waals surface area contributed by atoms with Gasteiger partial charge in [-0.05, 0) is 54.8 Å². The fourth-order valence-electron chi connectivity index (χ4n) is 4.95. The first kappa shape index (κ1) is 24.4. The fourth-order valence-corrected chi connectivity index (χ4v) is 4.95. The van der Waals surface area contributed by atoms with Gasteiger partial charge in [0.25, 0.3) is 11.7 Å². The van der Waals surface area contributed by atoms with E-state index in [1.807, 2.05) is 35.9 Å². The van der Waals surface area contributed by atoms with Crippen molar-refractivity contribution in [2.75, 3.05) is 13.2 Å². The monoisotopic (exact) mass is 499 g/mol. The van der Waals surface area contributed by atoms with E-state index in [1.54, 1.807) is 42.9 Å². The van der Waals surface area contributed by atoms with E-state index < -0.39 is 17.7 Å². The molecule has 5 rings (SSSR count). The van der Waals surface area contributed by atoms with E-state index in [4.69, 9.17) is 9.47 Å². The molecule has 2 atom stereocenters. The van der Waals surface area contributed by atoms with E-state index in [9.17, 15) is 14.7 Å². The molecule has 1 N–H and O–H groups in total. The van der Waals surface area contributed by atoms with Crippen LogP contribution in [0.4, 0.5) is 0 Å². The van der Waals surface area contributed by atoms with Crippen LogP contribution in [0.2, 0.25) is 0 Å². The molecule has 0 saturated carbocycles. The number of aromatic nitrogens is 2. The van der Waals surface area contributed by atoms with Gasteiger partial charge < -0.3 is 24.0 Å². The Morgan fingerprint density at radius 2 is 2.11 bits per heavy atom. The maximum absolute atomic E-state index is 13.4. The molecule has 1 fully saturated rings. The highest BCUT2D eigenvalue weighted by Crippen LogP contribution is 2.41. The van der Waals surface area contributed by atoms with E-state index in [0.29, 0.717) is 49.4 Å². The summed E-state index contributed by atoms with van der Waals surface area (Å²) < 4.78 is 13.4. The molecule has 0 unspecified atom stereocenters. The molecule has 1 aromatic heterocycles. The molecule has 0 radical (unpaired) electrons. The first-order chi connectivity index (χ1) is 18.0. The van der Waals surface area contributed by atoms with E-state index >= 15 is 0 Å². The lowest BCUT2D eigenvalue weighted by molar-refractivity contribution is -0.139. The standard InChI is InChI=1S/C29H29N3O5/c1-3-14-36-23-7-4-6-20(17-23)26-25(27(33)21-8-9-24-22(16-21)15-19(2)37-24)28(34)29(35)32(26)12-5-11-31-13-10-30-18-31/h3-4,6-10,13,16-19,26,33H,1,5,11-12,14-15H2,2H3/b27-25+/t19-,26-/m1/s1. The van der Waals surface area contributed by atoms with Crippen LogP contribution in [-0.2, 0) is 22.6 Å². The number of Topliss-reactive ketones (excluding diaryl/α,β-unsaturated/α-hetero) is 1. The molecule has 0 spiro atoms. The van der Waals surface area contributed by atoms with Gasteiger partial charge in [-0.15, -0.1) is 0 Å². The summed E-state index contributed by atoms with van der Waals surface area (Å²) in [6.07, 6.45) is 8.28. The van der Waals surface area contributed by atoms with Gasteiger partial charge in [0.15, 0.2) is 0 Å². The van der Waals surface area contributed by atoms with Crippen LogP contribution in [0.1, 0.15) is 36.1 Å². The van der Waals surface area contributed by atoms with E-state index in [1.165, 1.54) is 4.90 Å². The Hall–Kier alpha value is -4.33. The minimum Gasteiger partial charge on any atom is -0.507 e. The maximum Gasteiger partial charge on any atom is 0.295 e. The van der Waals surface area contributed by atoms with Gasteiger partial charge >= 0.3 is 0 Å². The minimum atomic E-state index is -0.751. The second-order valence-electron chi connectivity index (χ2n) is 9.27. The number of ether oxygens (including phenoxy) is 2. The van der Waals surface area contributed by atoms with Crippen LogP contribution in [0, 0.1) is 0 Å². The third-order valence-corrected chi connectivity index (χ3v) is 6.63. The molecule has 8 nitrogen and oxygen atoms in total. The average molecular weight is 500 g/mol. The van der Waals surface area contributed by atoms with Crippen LogP contribution in [-0.4, -0.2) is 50.5 Å². The van der Waals surface area contributed by atoms with Crippen molar-refractivity contribution >= 4 is 17.4 Å². The molecule has 190 valence electrons. The molecule has 1 amide bonds. The van der Waals surface area contributed by atoms with Gasteiger partial charge in [-0.25, -0.2) is 4.98 Å². The highest BCUT2D eigenvalue weighted by Gasteiger charge is 2.46. The topological polar surface area (TPSA) is 93.9 Å². The van der Waals surface area contributed by atoms with Crippen LogP contribution in [0.25, 0.3) is 5.76 Å². The number of aryl methyl sites for hydroxylation is 1. The molecule has 3 heterocycles. The van der Waals surface area contributed by atoms with Gasteiger partial charge in [0.1, 0.15) is 30.0 Å². The molecular formula is C29H29N3O5. The number of fused-ring (bicyclic) bond motifs is 1. The first-order valence-electron chi connectivity index (χ1n) is 12.3. The molecule has 2 aliphatic rings. The Kier molecular flexibility index (Phi) is 6.81. The summed E-state index contributed by atoms with van der Waals surface area (Å²) in [5.41, 5.74) is 2.20. The van der Waals surface area contributed by atoms with Crippen molar-refractivity contribution < 1.29 is 24.2 Å². The van der Waals surface area contributed by atoms with Crippen LogP contribution in [0.3, 0.4) is 0 Å². The Bertz CT molecular complexity index is 1360. The summed E-state index contributed by atoms with van der Waals surface area (Å²) >= 11 is 0. The lowest BCUT2D eigenvalue weighted by atomic mass is 9.94. The largest absolute Gasteiger partial charge is 0.507 e. The average Bonchev–Trinajstić information content (AvgIpc) is 3.61. The number of benzene rings is 2. The summed E-state index contributed by atoms with van der Waals surface area (Å²) in [4.78, 5) is 32.2. The number of ketones is 1. The van der Waals surface area contributed by atoms with Crippen molar-refractivity contribution in [2.24, 2.45) is 0 Å². The molecule has 0 aliphatic carbocycles. The quantitative estimate of drug-likeness (QED) is 0.204. The zero-order valence-corrected chi connectivity index (χ0v) is 20.7. The molecular weight excluding hydrogens is 470 g/mol. The number of rotatable bonds is 9. The van der Waals surface area contributed by atoms with Crippen LogP contribution in [0.5, 0.6) is 11.5 Å². The molecule has 2 aliphatic heterocycles. The highest BCUT2D eigenvalue weighted by molar-refractivity contribution is 6.46. The Labute approximate surface area is 215 Å². The normalized spacial score (nSPS) is 20.1. The predicted molar refractivity (Wildman–Crippen MR) is 138 cm³/mol. The third kappa shape index (κ3) is 4.87. The van der Waals surface area contributed by atoms with Crippen molar-refractivity contribution in [1.29, 1.82) is 0 Å². The number of aliphatic hydroxyl groups excluding tert-OH is 1. The second-order valence-corrected chi connectivity index (χ2v) is 9.27. The summed E-state index contributed by atoms with van der Waals surface area (Å²) in [7, 11) is 0. The van der Waals surface area contributed by atoms with E-state index in [0.717, 1.165) is 11.3 Å². The van der Waals surface area contributed by atoms with E-state index in [2.05, 4.69) is 11.6 Å². The van der Waals surface area contributed by atoms with Gasteiger partial charge in [-0.3, -0.25) is 9.59 Å². The second kappa shape index (κ2) is 10.3. The van der Waals surface area contributed by atoms with Crippen molar-refractivity contribution in [3.63, 3.8) is 0 Å². The summed E-state index contributed by atoms with van der Waals surface area (Å²) in [5.74, 6) is -0.168. The van der Waals surface area contributed by atoms with Crippen LogP contribution >= 0.6 is 0 Å². The van der Waals surface area contributed by atoms with Crippen molar-refractivity contribution in [3.8, 4) is 11.5 Å². The van der Waals surface area contributed by atoms with Crippen molar-refractivity contribution in [1.82, 2.24) is 14.5 Å². The molecule has 37 heavy (non-hydrogen) atoms. The number of likely N-dealkylation sites (tertiary alicyclic amines) is 1. The van der Waals surface area contributed by atoms with Gasteiger partial charge in [0.05, 0.1) is 17.9 Å². The summed E-state index contributed by atoms with van der Waals surface area (Å²) in [6, 6.07) is 11.9. The Morgan fingerprint density at radius 1 is 1.24 bits per heavy atom. The van der Waals surface area contributed by atoms with Gasteiger partial charge in [0.2, 0.25) is 0 Å². The van der Waals surface area contributed by atoms with Gasteiger partial charge in [-0.1, -0.05) is 24.8 Å². The Balaban J connectivity index is 1.54. The summed E-state index contributed by atoms with van der Waals surface area (Å²) in [5, 5.41) is 11.4. The van der Waals surface area contributed by atoms with E-state index in [-0.39, 0.29) is 17.4 Å². The zero-order chi connectivity index (χ0) is 25.9. The number of carbonyl (C=O) groups excluding carboxylic acids is 2. The molecule has 0 bridgehead atoms. The van der Waals surface area contributed by atoms with Crippen molar-refractivity contribution in [2.45, 2.75) is 38.5 Å². The van der Waals surface area contributed by atoms with Crippen LogP contribution < -0.4 is 9.47 Å². The van der Waals surface area contributed by atoms with Gasteiger partial charge in [0, 0.05) is 37.5 Å². The highest BCUT2D eigenvalue weighted by atomic mass is 16.5. The zero-order valence-electron chi connectivity index (χ0n) is 20.7. The SMILES string of the molecule is C=CCOc1cccc([C@@H]2/C(=C(\O)c3ccc4c(c3)C[C@@H](C)O4)C(=O)C(=O)N2CCCn2ccnc2)c1. The van der Waals surface area contributed by atoms with Crippen LogP contribution in [0.15, 0.2) is 79.4 Å². The molecule has 2 aromatic carbocycles. The molecule has 1 saturated heterocycles. The summed E-state index contributed by atoms with van der Waals surface area (Å²) in [6.45, 7) is 6.96. The lowest BCUT2D eigenvalue weighted by Crippen LogP contribution is -2.31. The fraction of sp³-hybridized carbons (Fsp3) is 0.276. The number of hydrogen-bond acceptors (Lipinski definition) is 6. The molecule has 3 aromatic rings. The smallest absolute Gasteiger partial charge is 0.295 e. The number of hydrogen-bond donors (Lipinski definition) is 1. The number of amides is 1. The first-order valence-corrected chi connectivity index (χ1v) is 12.3. The predicted octanol–water partition coefficient (Wildman–Crippen LogP) is 4.28.